The molecular formula is C19H18N2O10S2-2. The zero-order valence-corrected chi connectivity index (χ0v) is 18.4. The van der Waals surface area contributed by atoms with Crippen molar-refractivity contribution < 1.29 is 43.9 Å². The summed E-state index contributed by atoms with van der Waals surface area (Å²) >= 11 is 0. The molecule has 0 radical (unpaired) electrons. The van der Waals surface area contributed by atoms with Crippen LogP contribution in [0.3, 0.4) is 0 Å². The van der Waals surface area contributed by atoms with Crippen LogP contribution in [-0.2, 0) is 25.6 Å². The van der Waals surface area contributed by atoms with Crippen LogP contribution in [-0.4, -0.2) is 50.8 Å². The van der Waals surface area contributed by atoms with Gasteiger partial charge in [-0.1, -0.05) is 12.1 Å². The van der Waals surface area contributed by atoms with E-state index in [1.54, 1.807) is 0 Å². The SMILES string of the molecule is O=C(/C=C/c1ccc(OS(=O)(=O)[O-])cc1)NCCCNC(=O)c1ccc(OS(=O)(=O)[O-])cc1. The standard InChI is InChI=1S/C19H20N2O10S2/c22-18(11-4-14-2-7-16(8-3-14)30-32(24,25)26)20-12-1-13-21-19(23)15-5-9-17(10-6-15)31-33(27,28)29/h2-11H,1,12-13H2,(H,20,22)(H,21,23)(H,24,25,26)(H,27,28,29)/p-2/b11-4+. The van der Waals surface area contributed by atoms with Crippen LogP contribution in [0.4, 0.5) is 0 Å². The van der Waals surface area contributed by atoms with E-state index in [1.807, 2.05) is 0 Å². The smallest absolute Gasteiger partial charge is 0.262 e. The Hall–Kier alpha value is -3.46. The molecule has 0 saturated carbocycles. The van der Waals surface area contributed by atoms with E-state index in [4.69, 9.17) is 0 Å². The topological polar surface area (TPSA) is 191 Å². The Bertz CT molecular complexity index is 1210. The molecule has 0 aliphatic carbocycles. The molecule has 178 valence electrons. The average molecular weight is 498 g/mol. The van der Waals surface area contributed by atoms with Crippen LogP contribution in [0.1, 0.15) is 22.3 Å². The van der Waals surface area contributed by atoms with Crippen molar-refractivity contribution in [1.82, 2.24) is 10.6 Å². The van der Waals surface area contributed by atoms with Gasteiger partial charge >= 0.3 is 0 Å². The van der Waals surface area contributed by atoms with Gasteiger partial charge in [-0.25, -0.2) is 16.8 Å². The first-order chi connectivity index (χ1) is 15.4. The minimum atomic E-state index is -4.89. The van der Waals surface area contributed by atoms with Gasteiger partial charge in [-0.15, -0.1) is 0 Å². The summed E-state index contributed by atoms with van der Waals surface area (Å²) in [5, 5.41) is 5.23. The summed E-state index contributed by atoms with van der Waals surface area (Å²) in [4.78, 5) is 23.8. The first-order valence-electron chi connectivity index (χ1n) is 9.16. The Labute approximate surface area is 190 Å². The predicted octanol–water partition coefficient (Wildman–Crippen LogP) is 0.314. The average Bonchev–Trinajstić information content (AvgIpc) is 2.71. The highest BCUT2D eigenvalue weighted by Gasteiger charge is 2.06. The highest BCUT2D eigenvalue weighted by atomic mass is 32.3. The normalized spacial score (nSPS) is 11.7. The lowest BCUT2D eigenvalue weighted by Gasteiger charge is -2.09. The fourth-order valence-electron chi connectivity index (χ4n) is 2.37. The zero-order chi connectivity index (χ0) is 24.5. The summed E-state index contributed by atoms with van der Waals surface area (Å²) in [5.41, 5.74) is 0.791. The maximum Gasteiger partial charge on any atom is 0.262 e. The van der Waals surface area contributed by atoms with Crippen molar-refractivity contribution in [3.05, 3.63) is 65.7 Å². The number of nitrogens with one attached hydrogen (secondary N) is 2. The molecule has 0 fully saturated rings. The van der Waals surface area contributed by atoms with Gasteiger partial charge in [0, 0.05) is 24.7 Å². The van der Waals surface area contributed by atoms with Crippen molar-refractivity contribution in [2.24, 2.45) is 0 Å². The predicted molar refractivity (Wildman–Crippen MR) is 113 cm³/mol. The van der Waals surface area contributed by atoms with Gasteiger partial charge in [0.2, 0.25) is 5.91 Å². The summed E-state index contributed by atoms with van der Waals surface area (Å²) in [7, 11) is -9.74. The lowest BCUT2D eigenvalue weighted by molar-refractivity contribution is -0.116. The maximum absolute atomic E-state index is 12.0. The van der Waals surface area contributed by atoms with Crippen molar-refractivity contribution in [2.45, 2.75) is 6.42 Å². The number of hydrogen-bond donors (Lipinski definition) is 2. The summed E-state index contributed by atoms with van der Waals surface area (Å²) in [5.74, 6) is -1.19. The van der Waals surface area contributed by atoms with Crippen molar-refractivity contribution in [1.29, 1.82) is 0 Å². The Morgan fingerprint density at radius 3 is 1.79 bits per heavy atom. The van der Waals surface area contributed by atoms with Gasteiger partial charge in [0.1, 0.15) is 11.5 Å². The van der Waals surface area contributed by atoms with Gasteiger partial charge in [0.25, 0.3) is 26.7 Å². The Kier molecular flexibility index (Phi) is 8.93. The second-order valence-corrected chi connectivity index (χ2v) is 8.28. The maximum atomic E-state index is 12.0. The number of rotatable bonds is 11. The fourth-order valence-corrected chi connectivity index (χ4v) is 3.06. The van der Waals surface area contributed by atoms with E-state index in [0.29, 0.717) is 12.0 Å². The second-order valence-electron chi connectivity index (χ2n) is 6.31. The molecule has 0 unspecified atom stereocenters. The van der Waals surface area contributed by atoms with E-state index >= 15 is 0 Å². The van der Waals surface area contributed by atoms with Gasteiger partial charge in [-0.2, -0.15) is 0 Å². The van der Waals surface area contributed by atoms with E-state index in [1.165, 1.54) is 60.7 Å². The molecule has 0 saturated heterocycles. The number of benzene rings is 2. The lowest BCUT2D eigenvalue weighted by Crippen LogP contribution is -2.29. The second kappa shape index (κ2) is 11.4. The van der Waals surface area contributed by atoms with Crippen LogP contribution in [0, 0.1) is 0 Å². The molecular weight excluding hydrogens is 480 g/mol. The number of carbonyl (C=O) groups is 2. The summed E-state index contributed by atoms with van der Waals surface area (Å²) < 4.78 is 71.4. The summed E-state index contributed by atoms with van der Waals surface area (Å²) in [6.07, 6.45) is 3.15. The number of carbonyl (C=O) groups excluding carboxylic acids is 2. The molecule has 2 aromatic carbocycles. The molecule has 2 N–H and O–H groups in total. The summed E-state index contributed by atoms with van der Waals surface area (Å²) in [6.45, 7) is 0.520. The Morgan fingerprint density at radius 2 is 1.27 bits per heavy atom. The van der Waals surface area contributed by atoms with E-state index < -0.39 is 32.6 Å². The van der Waals surface area contributed by atoms with Crippen LogP contribution >= 0.6 is 0 Å². The quantitative estimate of drug-likeness (QED) is 0.189. The Morgan fingerprint density at radius 1 is 0.788 bits per heavy atom. The van der Waals surface area contributed by atoms with Crippen LogP contribution in [0.25, 0.3) is 6.08 Å². The highest BCUT2D eigenvalue weighted by molar-refractivity contribution is 7.81. The minimum Gasteiger partial charge on any atom is -0.716 e. The molecule has 0 aliphatic rings. The molecule has 2 amide bonds. The summed E-state index contributed by atoms with van der Waals surface area (Å²) in [6, 6.07) is 10.4. The van der Waals surface area contributed by atoms with Gasteiger partial charge in [0.05, 0.1) is 0 Å². The number of amides is 2. The van der Waals surface area contributed by atoms with Crippen LogP contribution in [0.15, 0.2) is 54.6 Å². The highest BCUT2D eigenvalue weighted by Crippen LogP contribution is 2.15. The first-order valence-corrected chi connectivity index (χ1v) is 11.8. The zero-order valence-electron chi connectivity index (χ0n) is 16.8. The third-order valence-electron chi connectivity index (χ3n) is 3.76. The lowest BCUT2D eigenvalue weighted by atomic mass is 10.2. The molecule has 0 bridgehead atoms. The minimum absolute atomic E-state index is 0.145. The molecule has 0 aromatic heterocycles. The van der Waals surface area contributed by atoms with Gasteiger partial charge in [-0.05, 0) is 54.5 Å². The van der Waals surface area contributed by atoms with E-state index in [9.17, 15) is 35.5 Å². The largest absolute Gasteiger partial charge is 0.716 e. The van der Waals surface area contributed by atoms with Crippen molar-refractivity contribution >= 4 is 38.7 Å². The van der Waals surface area contributed by atoms with Crippen LogP contribution in [0.5, 0.6) is 11.5 Å². The number of hydrogen-bond acceptors (Lipinski definition) is 10. The molecule has 0 spiro atoms. The van der Waals surface area contributed by atoms with Gasteiger partial charge in [-0.3, -0.25) is 9.59 Å². The van der Waals surface area contributed by atoms with E-state index in [-0.39, 0.29) is 30.2 Å². The van der Waals surface area contributed by atoms with Gasteiger partial charge in [0.15, 0.2) is 0 Å². The first kappa shape index (κ1) is 25.8. The van der Waals surface area contributed by atoms with Crippen molar-refractivity contribution in [2.75, 3.05) is 13.1 Å². The van der Waals surface area contributed by atoms with E-state index in [0.717, 1.165) is 0 Å². The third kappa shape index (κ3) is 10.6. The monoisotopic (exact) mass is 498 g/mol. The molecule has 2 rings (SSSR count). The van der Waals surface area contributed by atoms with Crippen molar-refractivity contribution in [3.8, 4) is 11.5 Å². The fraction of sp³-hybridized carbons (Fsp3) is 0.158. The third-order valence-corrected chi connectivity index (χ3v) is 4.55. The molecule has 0 heterocycles. The molecule has 12 nitrogen and oxygen atoms in total. The molecule has 0 atom stereocenters. The van der Waals surface area contributed by atoms with E-state index in [2.05, 4.69) is 19.0 Å². The van der Waals surface area contributed by atoms with Gasteiger partial charge < -0.3 is 28.1 Å². The molecule has 33 heavy (non-hydrogen) atoms. The van der Waals surface area contributed by atoms with Crippen LogP contribution < -0.4 is 19.0 Å². The molecule has 2 aromatic rings. The molecule has 14 heteroatoms. The van der Waals surface area contributed by atoms with Crippen molar-refractivity contribution in [3.63, 3.8) is 0 Å². The Balaban J connectivity index is 1.69. The van der Waals surface area contributed by atoms with Crippen LogP contribution in [0.2, 0.25) is 0 Å². The molecule has 0 aliphatic heterocycles.